The Labute approximate surface area is 122 Å². The van der Waals surface area contributed by atoms with Crippen LogP contribution in [0.5, 0.6) is 5.75 Å². The quantitative estimate of drug-likeness (QED) is 0.664. The molecule has 0 aliphatic heterocycles. The minimum Gasteiger partial charge on any atom is -0.481 e. The first-order valence-corrected chi connectivity index (χ1v) is 6.34. The van der Waals surface area contributed by atoms with Gasteiger partial charge in [0.25, 0.3) is 5.91 Å². The van der Waals surface area contributed by atoms with E-state index in [0.717, 1.165) is 5.56 Å². The van der Waals surface area contributed by atoms with Gasteiger partial charge in [-0.3, -0.25) is 9.59 Å². The van der Waals surface area contributed by atoms with Crippen LogP contribution in [0.1, 0.15) is 18.9 Å². The summed E-state index contributed by atoms with van der Waals surface area (Å²) in [6, 6.07) is 5.74. The zero-order valence-corrected chi connectivity index (χ0v) is 11.8. The Morgan fingerprint density at radius 2 is 2.05 bits per heavy atom. The van der Waals surface area contributed by atoms with Gasteiger partial charge in [0.05, 0.1) is 6.42 Å². The number of nitrogens with two attached hydrogens (primary N) is 1. The van der Waals surface area contributed by atoms with E-state index < -0.39 is 36.4 Å². The predicted molar refractivity (Wildman–Crippen MR) is 74.6 cm³/mol. The van der Waals surface area contributed by atoms with E-state index in [0.29, 0.717) is 5.75 Å². The van der Waals surface area contributed by atoms with Crippen LogP contribution in [0.3, 0.4) is 0 Å². The van der Waals surface area contributed by atoms with E-state index in [1.807, 2.05) is 13.0 Å². The van der Waals surface area contributed by atoms with Gasteiger partial charge in [-0.2, -0.15) is 0 Å². The molecule has 0 radical (unpaired) electrons. The lowest BCUT2D eigenvalue weighted by atomic mass is 10.2. The minimum absolute atomic E-state index is 0.474. The molecular formula is C14H18N2O5. The number of carbonyl (C=O) groups is 3. The fraction of sp³-hybridized carbons (Fsp3) is 0.357. The molecular weight excluding hydrogens is 276 g/mol. The molecule has 114 valence electrons. The van der Waals surface area contributed by atoms with E-state index in [2.05, 4.69) is 5.32 Å². The van der Waals surface area contributed by atoms with Gasteiger partial charge in [0.2, 0.25) is 5.91 Å². The first-order valence-electron chi connectivity index (χ1n) is 6.34. The zero-order chi connectivity index (χ0) is 16.0. The van der Waals surface area contributed by atoms with Crippen LogP contribution in [0, 0.1) is 6.92 Å². The summed E-state index contributed by atoms with van der Waals surface area (Å²) in [5, 5.41) is 11.1. The Morgan fingerprint density at radius 1 is 1.38 bits per heavy atom. The van der Waals surface area contributed by atoms with Crippen LogP contribution >= 0.6 is 0 Å². The summed E-state index contributed by atoms with van der Waals surface area (Å²) in [5.74, 6) is -2.27. The van der Waals surface area contributed by atoms with Gasteiger partial charge < -0.3 is 20.9 Å². The summed E-state index contributed by atoms with van der Waals surface area (Å²) in [7, 11) is 0. The van der Waals surface area contributed by atoms with Crippen molar-refractivity contribution in [3.63, 3.8) is 0 Å². The lowest BCUT2D eigenvalue weighted by molar-refractivity contribution is -0.144. The van der Waals surface area contributed by atoms with Crippen LogP contribution in [0.2, 0.25) is 0 Å². The summed E-state index contributed by atoms with van der Waals surface area (Å²) < 4.78 is 5.42. The maximum Gasteiger partial charge on any atom is 0.326 e. The van der Waals surface area contributed by atoms with Crippen molar-refractivity contribution >= 4 is 17.8 Å². The standard InChI is InChI=1S/C14H18N2O5/c1-8-4-3-5-10(6-8)21-9(2)13(18)16-11(14(19)20)7-12(15)17/h3-6,9,11H,7H2,1-2H3,(H2,15,17)(H,16,18)(H,19,20). The molecule has 2 amide bonds. The minimum atomic E-state index is -1.36. The highest BCUT2D eigenvalue weighted by atomic mass is 16.5. The summed E-state index contributed by atoms with van der Waals surface area (Å²) in [6.07, 6.45) is -1.38. The van der Waals surface area contributed by atoms with Gasteiger partial charge in [0.1, 0.15) is 11.8 Å². The molecule has 4 N–H and O–H groups in total. The van der Waals surface area contributed by atoms with E-state index in [-0.39, 0.29) is 0 Å². The van der Waals surface area contributed by atoms with Gasteiger partial charge in [-0.05, 0) is 31.5 Å². The predicted octanol–water partition coefficient (Wildman–Crippen LogP) is 0.207. The maximum atomic E-state index is 11.9. The van der Waals surface area contributed by atoms with Gasteiger partial charge >= 0.3 is 5.97 Å². The second-order valence-electron chi connectivity index (χ2n) is 4.65. The van der Waals surface area contributed by atoms with E-state index >= 15 is 0 Å². The molecule has 0 aromatic heterocycles. The summed E-state index contributed by atoms with van der Waals surface area (Å²) >= 11 is 0. The van der Waals surface area contributed by atoms with Crippen molar-refractivity contribution in [3.8, 4) is 5.75 Å². The molecule has 0 aliphatic carbocycles. The number of aryl methyl sites for hydroxylation is 1. The molecule has 1 rings (SSSR count). The summed E-state index contributed by atoms with van der Waals surface area (Å²) in [5.41, 5.74) is 5.91. The Balaban J connectivity index is 2.64. The number of hydrogen-bond donors (Lipinski definition) is 3. The largest absolute Gasteiger partial charge is 0.481 e. The lowest BCUT2D eigenvalue weighted by Crippen LogP contribution is -2.47. The van der Waals surface area contributed by atoms with Crippen LogP contribution in [0.25, 0.3) is 0 Å². The van der Waals surface area contributed by atoms with Crippen molar-refractivity contribution in [1.82, 2.24) is 5.32 Å². The van der Waals surface area contributed by atoms with Crippen LogP contribution < -0.4 is 15.8 Å². The second kappa shape index (κ2) is 7.28. The fourth-order valence-corrected chi connectivity index (χ4v) is 1.64. The van der Waals surface area contributed by atoms with Crippen LogP contribution in [0.15, 0.2) is 24.3 Å². The third kappa shape index (κ3) is 5.52. The first-order chi connectivity index (χ1) is 9.79. The van der Waals surface area contributed by atoms with Gasteiger partial charge in [-0.1, -0.05) is 12.1 Å². The van der Waals surface area contributed by atoms with E-state index in [4.69, 9.17) is 15.6 Å². The molecule has 2 unspecified atom stereocenters. The van der Waals surface area contributed by atoms with Crippen LogP contribution in [0.4, 0.5) is 0 Å². The Morgan fingerprint density at radius 3 is 2.57 bits per heavy atom. The highest BCUT2D eigenvalue weighted by Crippen LogP contribution is 2.14. The second-order valence-corrected chi connectivity index (χ2v) is 4.65. The van der Waals surface area contributed by atoms with Crippen molar-refractivity contribution in [2.75, 3.05) is 0 Å². The Hall–Kier alpha value is -2.57. The Bertz CT molecular complexity index is 544. The van der Waals surface area contributed by atoms with Crippen molar-refractivity contribution in [2.45, 2.75) is 32.4 Å². The molecule has 1 aromatic carbocycles. The molecule has 0 heterocycles. The van der Waals surface area contributed by atoms with Crippen molar-refractivity contribution < 1.29 is 24.2 Å². The van der Waals surface area contributed by atoms with Gasteiger partial charge in [0.15, 0.2) is 6.10 Å². The molecule has 0 saturated heterocycles. The SMILES string of the molecule is Cc1cccc(OC(C)C(=O)NC(CC(N)=O)C(=O)O)c1. The number of ether oxygens (including phenoxy) is 1. The van der Waals surface area contributed by atoms with Crippen molar-refractivity contribution in [3.05, 3.63) is 29.8 Å². The molecule has 7 nitrogen and oxygen atoms in total. The zero-order valence-electron chi connectivity index (χ0n) is 11.8. The molecule has 0 aliphatic rings. The smallest absolute Gasteiger partial charge is 0.326 e. The number of amides is 2. The van der Waals surface area contributed by atoms with Crippen molar-refractivity contribution in [2.24, 2.45) is 5.73 Å². The van der Waals surface area contributed by atoms with E-state index in [1.54, 1.807) is 18.2 Å². The number of carboxylic acid groups (broad SMARTS) is 1. The number of aliphatic carboxylic acids is 1. The average molecular weight is 294 g/mol. The van der Waals surface area contributed by atoms with E-state index in [1.165, 1.54) is 6.92 Å². The number of primary amides is 1. The molecule has 7 heteroatoms. The number of nitrogens with one attached hydrogen (secondary N) is 1. The van der Waals surface area contributed by atoms with E-state index in [9.17, 15) is 14.4 Å². The van der Waals surface area contributed by atoms with Crippen LogP contribution in [-0.4, -0.2) is 35.0 Å². The summed E-state index contributed by atoms with van der Waals surface area (Å²) in [4.78, 5) is 33.6. The summed E-state index contributed by atoms with van der Waals surface area (Å²) in [6.45, 7) is 3.37. The molecule has 2 atom stereocenters. The number of benzene rings is 1. The highest BCUT2D eigenvalue weighted by molar-refractivity contribution is 5.89. The topological polar surface area (TPSA) is 119 Å². The monoisotopic (exact) mass is 294 g/mol. The molecule has 1 aromatic rings. The average Bonchev–Trinajstić information content (AvgIpc) is 2.37. The van der Waals surface area contributed by atoms with Gasteiger partial charge in [-0.25, -0.2) is 4.79 Å². The molecule has 0 spiro atoms. The Kier molecular flexibility index (Phi) is 5.71. The maximum absolute atomic E-state index is 11.9. The van der Waals surface area contributed by atoms with Crippen molar-refractivity contribution in [1.29, 1.82) is 0 Å². The number of rotatable bonds is 7. The fourth-order valence-electron chi connectivity index (χ4n) is 1.64. The number of carbonyl (C=O) groups excluding carboxylic acids is 2. The number of hydrogen-bond acceptors (Lipinski definition) is 4. The molecule has 0 fully saturated rings. The third-order valence-corrected chi connectivity index (χ3v) is 2.69. The molecule has 21 heavy (non-hydrogen) atoms. The van der Waals surface area contributed by atoms with Crippen LogP contribution in [-0.2, 0) is 14.4 Å². The van der Waals surface area contributed by atoms with Gasteiger partial charge in [0, 0.05) is 0 Å². The molecule has 0 saturated carbocycles. The highest BCUT2D eigenvalue weighted by Gasteiger charge is 2.25. The third-order valence-electron chi connectivity index (χ3n) is 2.69. The normalized spacial score (nSPS) is 13.0. The van der Waals surface area contributed by atoms with Gasteiger partial charge in [-0.15, -0.1) is 0 Å². The lowest BCUT2D eigenvalue weighted by Gasteiger charge is -2.18. The number of carboxylic acids is 1. The molecule has 0 bridgehead atoms. The first kappa shape index (κ1) is 16.5.